The molecule has 0 bridgehead atoms. The Morgan fingerprint density at radius 3 is 2.54 bits per heavy atom. The van der Waals surface area contributed by atoms with Crippen molar-refractivity contribution in [3.8, 4) is 5.75 Å². The standard InChI is InChI=1S/C17H24N2O4S/c1-18-12-14-7-9-19(10-8-16(14)24(18,21)22)17(20)11-13-3-5-15(23-2)6-4-13/h3-6,14,16H,7-12H2,1-2H3/t14-,16-/m0/s1. The summed E-state index contributed by atoms with van der Waals surface area (Å²) in [5.74, 6) is 0.966. The van der Waals surface area contributed by atoms with Gasteiger partial charge in [-0.15, -0.1) is 0 Å². The van der Waals surface area contributed by atoms with Crippen LogP contribution in [0.25, 0.3) is 0 Å². The zero-order valence-corrected chi connectivity index (χ0v) is 15.0. The van der Waals surface area contributed by atoms with E-state index in [0.717, 1.165) is 17.7 Å². The molecule has 132 valence electrons. The fourth-order valence-electron chi connectivity index (χ4n) is 3.68. The van der Waals surface area contributed by atoms with Crippen LogP contribution in [0.2, 0.25) is 0 Å². The quantitative estimate of drug-likeness (QED) is 0.818. The molecular weight excluding hydrogens is 328 g/mol. The molecular formula is C17H24N2O4S. The lowest BCUT2D eigenvalue weighted by Gasteiger charge is -2.21. The Labute approximate surface area is 143 Å². The van der Waals surface area contributed by atoms with E-state index in [1.165, 1.54) is 4.31 Å². The highest BCUT2D eigenvalue weighted by Gasteiger charge is 2.45. The summed E-state index contributed by atoms with van der Waals surface area (Å²) in [5.41, 5.74) is 0.942. The van der Waals surface area contributed by atoms with Crippen LogP contribution in [0.4, 0.5) is 0 Å². The molecule has 0 N–H and O–H groups in total. The van der Waals surface area contributed by atoms with Crippen LogP contribution in [0.5, 0.6) is 5.75 Å². The Balaban J connectivity index is 1.63. The number of likely N-dealkylation sites (tertiary alicyclic amines) is 1. The number of benzene rings is 1. The molecule has 2 heterocycles. The second-order valence-electron chi connectivity index (χ2n) is 6.61. The van der Waals surface area contributed by atoms with E-state index < -0.39 is 10.0 Å². The first kappa shape index (κ1) is 17.2. The van der Waals surface area contributed by atoms with Crippen LogP contribution < -0.4 is 4.74 Å². The minimum absolute atomic E-state index is 0.0610. The van der Waals surface area contributed by atoms with E-state index in [0.29, 0.717) is 32.5 Å². The van der Waals surface area contributed by atoms with E-state index in [1.807, 2.05) is 29.2 Å². The van der Waals surface area contributed by atoms with Crippen molar-refractivity contribution in [3.63, 3.8) is 0 Å². The van der Waals surface area contributed by atoms with Crippen molar-refractivity contribution >= 4 is 15.9 Å². The molecule has 0 aliphatic carbocycles. The van der Waals surface area contributed by atoms with E-state index in [-0.39, 0.29) is 17.1 Å². The summed E-state index contributed by atoms with van der Waals surface area (Å²) < 4.78 is 31.2. The van der Waals surface area contributed by atoms with Gasteiger partial charge in [0.15, 0.2) is 0 Å². The van der Waals surface area contributed by atoms with Crippen LogP contribution >= 0.6 is 0 Å². The molecule has 6 nitrogen and oxygen atoms in total. The van der Waals surface area contributed by atoms with Crippen molar-refractivity contribution in [2.45, 2.75) is 24.5 Å². The van der Waals surface area contributed by atoms with E-state index in [9.17, 15) is 13.2 Å². The van der Waals surface area contributed by atoms with Gasteiger partial charge in [-0.25, -0.2) is 12.7 Å². The molecule has 2 atom stereocenters. The lowest BCUT2D eigenvalue weighted by Crippen LogP contribution is -2.35. The summed E-state index contributed by atoms with van der Waals surface area (Å²) in [6, 6.07) is 7.47. The molecule has 1 amide bonds. The predicted molar refractivity (Wildman–Crippen MR) is 91.3 cm³/mol. The molecule has 2 aliphatic heterocycles. The SMILES string of the molecule is COc1ccc(CC(=O)N2CC[C@H]3CN(C)S(=O)(=O)[C@H]3CC2)cc1. The Morgan fingerprint density at radius 1 is 1.21 bits per heavy atom. The van der Waals surface area contributed by atoms with Crippen LogP contribution in [-0.2, 0) is 21.2 Å². The molecule has 0 spiro atoms. The Bertz CT molecular complexity index is 702. The molecule has 2 fully saturated rings. The molecule has 2 saturated heterocycles. The van der Waals surface area contributed by atoms with E-state index in [2.05, 4.69) is 0 Å². The van der Waals surface area contributed by atoms with Crippen molar-refractivity contribution in [2.75, 3.05) is 33.8 Å². The van der Waals surface area contributed by atoms with Crippen LogP contribution in [0, 0.1) is 5.92 Å². The lowest BCUT2D eigenvalue weighted by atomic mass is 10.0. The molecule has 0 saturated carbocycles. The van der Waals surface area contributed by atoms with Gasteiger partial charge < -0.3 is 9.64 Å². The summed E-state index contributed by atoms with van der Waals surface area (Å²) >= 11 is 0. The second-order valence-corrected chi connectivity index (χ2v) is 8.87. The summed E-state index contributed by atoms with van der Waals surface area (Å²) in [6.45, 7) is 1.73. The maximum atomic E-state index is 12.6. The molecule has 0 radical (unpaired) electrons. The van der Waals surface area contributed by atoms with Crippen LogP contribution in [0.15, 0.2) is 24.3 Å². The molecule has 24 heavy (non-hydrogen) atoms. The fraction of sp³-hybridized carbons (Fsp3) is 0.588. The average molecular weight is 352 g/mol. The number of carbonyl (C=O) groups is 1. The molecule has 1 aromatic rings. The van der Waals surface area contributed by atoms with Crippen molar-refractivity contribution in [1.82, 2.24) is 9.21 Å². The Hall–Kier alpha value is -1.60. The van der Waals surface area contributed by atoms with E-state index in [4.69, 9.17) is 4.74 Å². The first-order valence-electron chi connectivity index (χ1n) is 8.27. The minimum atomic E-state index is -3.18. The number of nitrogens with zero attached hydrogens (tertiary/aromatic N) is 2. The number of carbonyl (C=O) groups excluding carboxylic acids is 1. The van der Waals surface area contributed by atoms with Gasteiger partial charge in [-0.05, 0) is 36.5 Å². The van der Waals surface area contributed by atoms with Gasteiger partial charge in [0.2, 0.25) is 15.9 Å². The van der Waals surface area contributed by atoms with Crippen LogP contribution in [-0.4, -0.2) is 62.6 Å². The van der Waals surface area contributed by atoms with Crippen LogP contribution in [0.3, 0.4) is 0 Å². The molecule has 0 unspecified atom stereocenters. The monoisotopic (exact) mass is 352 g/mol. The Kier molecular flexibility index (Phi) is 4.83. The molecule has 2 aliphatic rings. The number of ether oxygens (including phenoxy) is 1. The van der Waals surface area contributed by atoms with Crippen molar-refractivity contribution < 1.29 is 17.9 Å². The third kappa shape index (κ3) is 3.28. The highest BCUT2D eigenvalue weighted by Crippen LogP contribution is 2.33. The summed E-state index contributed by atoms with van der Waals surface area (Å²) in [4.78, 5) is 14.4. The second kappa shape index (κ2) is 6.72. The normalized spacial score (nSPS) is 26.7. The molecule has 1 aromatic carbocycles. The van der Waals surface area contributed by atoms with Gasteiger partial charge in [0.25, 0.3) is 0 Å². The molecule has 0 aromatic heterocycles. The van der Waals surface area contributed by atoms with Gasteiger partial charge in [0.1, 0.15) is 5.75 Å². The van der Waals surface area contributed by atoms with Gasteiger partial charge in [-0.3, -0.25) is 4.79 Å². The number of amides is 1. The van der Waals surface area contributed by atoms with Crippen LogP contribution in [0.1, 0.15) is 18.4 Å². The number of hydrogen-bond acceptors (Lipinski definition) is 4. The summed E-state index contributed by atoms with van der Waals surface area (Å²) in [7, 11) is 0.0767. The first-order chi connectivity index (χ1) is 11.4. The van der Waals surface area contributed by atoms with Gasteiger partial charge in [0.05, 0.1) is 18.8 Å². The summed E-state index contributed by atoms with van der Waals surface area (Å²) in [5, 5.41) is -0.332. The number of methoxy groups -OCH3 is 1. The fourth-order valence-corrected chi connectivity index (χ4v) is 5.66. The van der Waals surface area contributed by atoms with Crippen molar-refractivity contribution in [3.05, 3.63) is 29.8 Å². The van der Waals surface area contributed by atoms with Gasteiger partial charge in [0, 0.05) is 26.7 Å². The number of rotatable bonds is 3. The topological polar surface area (TPSA) is 66.9 Å². The third-order valence-electron chi connectivity index (χ3n) is 5.15. The smallest absolute Gasteiger partial charge is 0.226 e. The largest absolute Gasteiger partial charge is 0.497 e. The molecule has 7 heteroatoms. The zero-order valence-electron chi connectivity index (χ0n) is 14.1. The van der Waals surface area contributed by atoms with E-state index in [1.54, 1.807) is 14.2 Å². The highest BCUT2D eigenvalue weighted by atomic mass is 32.2. The van der Waals surface area contributed by atoms with Gasteiger partial charge in [-0.1, -0.05) is 12.1 Å². The zero-order chi connectivity index (χ0) is 17.3. The Morgan fingerprint density at radius 2 is 1.88 bits per heavy atom. The summed E-state index contributed by atoms with van der Waals surface area (Å²) in [6.07, 6.45) is 1.63. The van der Waals surface area contributed by atoms with Gasteiger partial charge in [-0.2, -0.15) is 0 Å². The van der Waals surface area contributed by atoms with E-state index >= 15 is 0 Å². The maximum absolute atomic E-state index is 12.6. The number of hydrogen-bond donors (Lipinski definition) is 0. The first-order valence-corrected chi connectivity index (χ1v) is 9.78. The van der Waals surface area contributed by atoms with Gasteiger partial charge >= 0.3 is 0 Å². The third-order valence-corrected chi connectivity index (χ3v) is 7.56. The van der Waals surface area contributed by atoms with Crippen molar-refractivity contribution in [2.24, 2.45) is 5.92 Å². The predicted octanol–water partition coefficient (Wildman–Crippen LogP) is 1.12. The average Bonchev–Trinajstić information content (AvgIpc) is 2.72. The number of sulfonamides is 1. The maximum Gasteiger partial charge on any atom is 0.226 e. The molecule has 3 rings (SSSR count). The highest BCUT2D eigenvalue weighted by molar-refractivity contribution is 7.90. The lowest BCUT2D eigenvalue weighted by molar-refractivity contribution is -0.130. The minimum Gasteiger partial charge on any atom is -0.497 e. The van der Waals surface area contributed by atoms with Crippen molar-refractivity contribution in [1.29, 1.82) is 0 Å². The number of fused-ring (bicyclic) bond motifs is 1.